The van der Waals surface area contributed by atoms with E-state index < -0.39 is 11.4 Å². The zero-order chi connectivity index (χ0) is 17.7. The number of aliphatic carboxylic acids is 1. The molecule has 0 aromatic heterocycles. The normalized spacial score (nSPS) is 30.3. The summed E-state index contributed by atoms with van der Waals surface area (Å²) in [5.41, 5.74) is 0.415. The summed E-state index contributed by atoms with van der Waals surface area (Å²) >= 11 is 0. The van der Waals surface area contributed by atoms with Crippen LogP contribution in [0, 0.1) is 11.3 Å². The van der Waals surface area contributed by atoms with Gasteiger partial charge in [-0.15, -0.1) is 0 Å². The first kappa shape index (κ1) is 18.2. The zero-order valence-electron chi connectivity index (χ0n) is 15.1. The molecule has 0 radical (unpaired) electrons. The van der Waals surface area contributed by atoms with Gasteiger partial charge < -0.3 is 9.84 Å². The van der Waals surface area contributed by atoms with E-state index in [4.69, 9.17) is 4.74 Å². The molecule has 136 valence electrons. The molecule has 0 amide bonds. The summed E-state index contributed by atoms with van der Waals surface area (Å²) < 4.78 is 5.43. The van der Waals surface area contributed by atoms with E-state index in [9.17, 15) is 9.90 Å². The summed E-state index contributed by atoms with van der Waals surface area (Å²) in [6.07, 6.45) is 6.67. The minimum atomic E-state index is -0.733. The van der Waals surface area contributed by atoms with Gasteiger partial charge in [0, 0.05) is 19.0 Å². The van der Waals surface area contributed by atoms with E-state index in [0.717, 1.165) is 51.3 Å². The lowest BCUT2D eigenvalue weighted by Crippen LogP contribution is -2.48. The van der Waals surface area contributed by atoms with Crippen molar-refractivity contribution in [3.05, 3.63) is 48.0 Å². The number of ether oxygens (including phenoxy) is 1. The quantitative estimate of drug-likeness (QED) is 0.803. The highest BCUT2D eigenvalue weighted by molar-refractivity contribution is 5.77. The summed E-state index contributed by atoms with van der Waals surface area (Å²) in [7, 11) is 0. The van der Waals surface area contributed by atoms with E-state index >= 15 is 0 Å². The number of carboxylic acid groups (broad SMARTS) is 1. The first-order valence-electron chi connectivity index (χ1n) is 9.43. The smallest absolute Gasteiger partial charge is 0.310 e. The molecule has 1 aromatic carbocycles. The second-order valence-corrected chi connectivity index (χ2v) is 7.19. The van der Waals surface area contributed by atoms with Gasteiger partial charge in [0.15, 0.2) is 0 Å². The Bertz CT molecular complexity index is 594. The molecule has 1 N–H and O–H groups in total. The van der Waals surface area contributed by atoms with Gasteiger partial charge in [-0.05, 0) is 37.3 Å². The van der Waals surface area contributed by atoms with Crippen molar-refractivity contribution in [2.45, 2.75) is 32.1 Å². The van der Waals surface area contributed by atoms with Gasteiger partial charge in [0.1, 0.15) is 0 Å². The van der Waals surface area contributed by atoms with Crippen molar-refractivity contribution < 1.29 is 14.6 Å². The van der Waals surface area contributed by atoms with Crippen molar-refractivity contribution >= 4 is 5.97 Å². The third-order valence-corrected chi connectivity index (χ3v) is 6.01. The molecule has 4 nitrogen and oxygen atoms in total. The van der Waals surface area contributed by atoms with E-state index in [-0.39, 0.29) is 11.8 Å². The first-order valence-corrected chi connectivity index (χ1v) is 9.43. The van der Waals surface area contributed by atoms with Crippen LogP contribution in [0.1, 0.15) is 37.7 Å². The van der Waals surface area contributed by atoms with Gasteiger partial charge in [0.25, 0.3) is 0 Å². The summed E-state index contributed by atoms with van der Waals surface area (Å²) in [6, 6.07) is 10.2. The number of hydrogen-bond donors (Lipinski definition) is 1. The number of hydrogen-bond acceptors (Lipinski definition) is 3. The van der Waals surface area contributed by atoms with Crippen LogP contribution in [0.25, 0.3) is 0 Å². The van der Waals surface area contributed by atoms with Crippen LogP contribution in [0.15, 0.2) is 42.5 Å². The Morgan fingerprint density at radius 2 is 2.00 bits per heavy atom. The number of carbonyl (C=O) groups is 1. The van der Waals surface area contributed by atoms with Crippen molar-refractivity contribution in [3.8, 4) is 0 Å². The molecule has 0 saturated carbocycles. The topological polar surface area (TPSA) is 49.8 Å². The van der Waals surface area contributed by atoms with Crippen molar-refractivity contribution in [2.24, 2.45) is 11.3 Å². The highest BCUT2D eigenvalue weighted by atomic mass is 16.5. The largest absolute Gasteiger partial charge is 0.481 e. The highest BCUT2D eigenvalue weighted by Crippen LogP contribution is 2.52. The molecule has 1 aliphatic heterocycles. The van der Waals surface area contributed by atoms with E-state index in [1.807, 2.05) is 18.2 Å². The van der Waals surface area contributed by atoms with Gasteiger partial charge in [-0.3, -0.25) is 9.69 Å². The van der Waals surface area contributed by atoms with Gasteiger partial charge in [-0.1, -0.05) is 49.4 Å². The van der Waals surface area contributed by atoms with Crippen LogP contribution in [0.4, 0.5) is 0 Å². The molecular weight excluding hydrogens is 314 g/mol. The molecule has 1 fully saturated rings. The van der Waals surface area contributed by atoms with Crippen molar-refractivity contribution in [3.63, 3.8) is 0 Å². The van der Waals surface area contributed by atoms with Crippen LogP contribution < -0.4 is 0 Å². The van der Waals surface area contributed by atoms with Gasteiger partial charge in [0.2, 0.25) is 0 Å². The second kappa shape index (κ2) is 8.15. The summed E-state index contributed by atoms with van der Waals surface area (Å²) in [5.74, 6) is -0.544. The lowest BCUT2D eigenvalue weighted by Gasteiger charge is -2.45. The van der Waals surface area contributed by atoms with Crippen LogP contribution in [0.2, 0.25) is 0 Å². The van der Waals surface area contributed by atoms with E-state index in [0.29, 0.717) is 6.42 Å². The average Bonchev–Trinajstić information content (AvgIpc) is 2.67. The molecular formula is C21H29NO3. The van der Waals surface area contributed by atoms with Crippen molar-refractivity contribution in [1.82, 2.24) is 4.90 Å². The lowest BCUT2D eigenvalue weighted by atomic mass is 9.58. The molecule has 4 heteroatoms. The molecule has 1 aromatic rings. The predicted molar refractivity (Wildman–Crippen MR) is 98.7 cm³/mol. The minimum absolute atomic E-state index is 0.0298. The Labute approximate surface area is 150 Å². The lowest BCUT2D eigenvalue weighted by molar-refractivity contribution is -0.155. The molecule has 2 aliphatic rings. The Morgan fingerprint density at radius 3 is 2.64 bits per heavy atom. The Morgan fingerprint density at radius 1 is 1.28 bits per heavy atom. The first-order chi connectivity index (χ1) is 12.2. The molecule has 1 aliphatic carbocycles. The summed E-state index contributed by atoms with van der Waals surface area (Å²) in [6.45, 7) is 6.23. The summed E-state index contributed by atoms with van der Waals surface area (Å²) in [5, 5.41) is 10.4. The van der Waals surface area contributed by atoms with Gasteiger partial charge in [-0.2, -0.15) is 0 Å². The van der Waals surface area contributed by atoms with E-state index in [1.165, 1.54) is 0 Å². The minimum Gasteiger partial charge on any atom is -0.481 e. The monoisotopic (exact) mass is 343 g/mol. The third kappa shape index (κ3) is 3.65. The molecule has 3 rings (SSSR count). The fourth-order valence-electron chi connectivity index (χ4n) is 4.58. The third-order valence-electron chi connectivity index (χ3n) is 6.01. The maximum atomic E-state index is 12.6. The fourth-order valence-corrected chi connectivity index (χ4v) is 4.58. The maximum absolute atomic E-state index is 12.6. The Kier molecular flexibility index (Phi) is 5.92. The Hall–Kier alpha value is -1.65. The molecule has 25 heavy (non-hydrogen) atoms. The highest BCUT2D eigenvalue weighted by Gasteiger charge is 2.51. The van der Waals surface area contributed by atoms with Crippen molar-refractivity contribution in [2.75, 3.05) is 32.8 Å². The SMILES string of the molecule is CCC1C=CCC(c2ccccc2)C1(CCN1CCOCC1)C(=O)O. The van der Waals surface area contributed by atoms with Crippen LogP contribution >= 0.6 is 0 Å². The van der Waals surface area contributed by atoms with E-state index in [1.54, 1.807) is 0 Å². The van der Waals surface area contributed by atoms with Gasteiger partial charge in [0.05, 0.1) is 18.6 Å². The van der Waals surface area contributed by atoms with Crippen LogP contribution in [-0.4, -0.2) is 48.8 Å². The maximum Gasteiger partial charge on any atom is 0.310 e. The van der Waals surface area contributed by atoms with Crippen LogP contribution in [-0.2, 0) is 9.53 Å². The molecule has 3 unspecified atom stereocenters. The number of morpholine rings is 1. The number of benzene rings is 1. The number of nitrogens with zero attached hydrogens (tertiary/aromatic N) is 1. The van der Waals surface area contributed by atoms with Crippen LogP contribution in [0.3, 0.4) is 0 Å². The molecule has 1 heterocycles. The zero-order valence-corrected chi connectivity index (χ0v) is 15.1. The molecule has 3 atom stereocenters. The average molecular weight is 343 g/mol. The molecule has 1 saturated heterocycles. The van der Waals surface area contributed by atoms with Gasteiger partial charge >= 0.3 is 5.97 Å². The number of rotatable bonds is 6. The summed E-state index contributed by atoms with van der Waals surface area (Å²) in [4.78, 5) is 15.0. The molecule has 0 spiro atoms. The van der Waals surface area contributed by atoms with Gasteiger partial charge in [-0.25, -0.2) is 0 Å². The van der Waals surface area contributed by atoms with Crippen molar-refractivity contribution in [1.29, 1.82) is 0 Å². The van der Waals surface area contributed by atoms with E-state index in [2.05, 4.69) is 36.1 Å². The fraction of sp³-hybridized carbons (Fsp3) is 0.571. The van der Waals surface area contributed by atoms with Crippen LogP contribution in [0.5, 0.6) is 0 Å². The Balaban J connectivity index is 1.91. The second-order valence-electron chi connectivity index (χ2n) is 7.19. The predicted octanol–water partition coefficient (Wildman–Crippen LogP) is 3.55. The number of carboxylic acids is 1. The standard InChI is InChI=1S/C21H29NO3/c1-2-18-9-6-10-19(17-7-4-3-5-8-17)21(18,20(23)24)11-12-22-13-15-25-16-14-22/h3-9,18-19H,2,10-16H2,1H3,(H,23,24). The molecule has 0 bridgehead atoms. The number of allylic oxidation sites excluding steroid dienone is 2.